The van der Waals surface area contributed by atoms with Crippen molar-refractivity contribution in [1.29, 1.82) is 0 Å². The smallest absolute Gasteiger partial charge is 0.273 e. The highest BCUT2D eigenvalue weighted by atomic mass is 19.1. The first kappa shape index (κ1) is 13.6. The van der Waals surface area contributed by atoms with Crippen molar-refractivity contribution in [1.82, 2.24) is 15.5 Å². The molecule has 1 aliphatic rings. The second-order valence-corrected chi connectivity index (χ2v) is 4.96. The maximum absolute atomic E-state index is 13.4. The van der Waals surface area contributed by atoms with Crippen LogP contribution in [-0.4, -0.2) is 28.2 Å². The van der Waals surface area contributed by atoms with Crippen molar-refractivity contribution in [3.8, 4) is 11.5 Å². The number of rotatable bonds is 3. The summed E-state index contributed by atoms with van der Waals surface area (Å²) in [6, 6.07) is 3.22. The molecule has 7 nitrogen and oxygen atoms in total. The molecule has 0 bridgehead atoms. The monoisotopic (exact) mass is 292 g/mol. The zero-order valence-electron chi connectivity index (χ0n) is 11.1. The van der Waals surface area contributed by atoms with Gasteiger partial charge in [0, 0.05) is 24.1 Å². The Balaban J connectivity index is 1.90. The van der Waals surface area contributed by atoms with Crippen molar-refractivity contribution in [3.63, 3.8) is 0 Å². The normalized spacial score (nSPS) is 18.6. The van der Waals surface area contributed by atoms with E-state index < -0.39 is 10.7 Å². The number of hydrogen-bond acceptors (Lipinski definition) is 6. The van der Waals surface area contributed by atoms with Gasteiger partial charge in [0.1, 0.15) is 5.82 Å². The highest BCUT2D eigenvalue weighted by Gasteiger charge is 2.22. The summed E-state index contributed by atoms with van der Waals surface area (Å²) in [7, 11) is 0. The molecule has 1 saturated heterocycles. The number of nitrogens with one attached hydrogen (secondary N) is 1. The van der Waals surface area contributed by atoms with Gasteiger partial charge < -0.3 is 9.84 Å². The van der Waals surface area contributed by atoms with Crippen molar-refractivity contribution in [2.24, 2.45) is 0 Å². The maximum Gasteiger partial charge on any atom is 0.273 e. The fraction of sp³-hybridized carbons (Fsp3) is 0.385. The van der Waals surface area contributed by atoms with E-state index in [4.69, 9.17) is 4.52 Å². The van der Waals surface area contributed by atoms with Crippen LogP contribution in [-0.2, 0) is 0 Å². The second-order valence-electron chi connectivity index (χ2n) is 4.96. The average molecular weight is 292 g/mol. The van der Waals surface area contributed by atoms with Gasteiger partial charge in [-0.3, -0.25) is 10.1 Å². The van der Waals surface area contributed by atoms with Crippen LogP contribution in [0, 0.1) is 15.9 Å². The summed E-state index contributed by atoms with van der Waals surface area (Å²) < 4.78 is 18.5. The number of halogens is 1. The van der Waals surface area contributed by atoms with Gasteiger partial charge in [-0.15, -0.1) is 0 Å². The van der Waals surface area contributed by atoms with Crippen molar-refractivity contribution in [2.45, 2.75) is 18.8 Å². The minimum atomic E-state index is -0.710. The highest BCUT2D eigenvalue weighted by Crippen LogP contribution is 2.27. The van der Waals surface area contributed by atoms with Crippen LogP contribution in [0.5, 0.6) is 0 Å². The molecule has 0 radical (unpaired) electrons. The molecule has 1 atom stereocenters. The number of benzene rings is 1. The maximum atomic E-state index is 13.4. The Kier molecular flexibility index (Phi) is 3.61. The largest absolute Gasteiger partial charge is 0.334 e. The minimum Gasteiger partial charge on any atom is -0.334 e. The fourth-order valence-corrected chi connectivity index (χ4v) is 2.39. The van der Waals surface area contributed by atoms with Gasteiger partial charge in [0.05, 0.1) is 11.0 Å². The lowest BCUT2D eigenvalue weighted by Crippen LogP contribution is -2.28. The lowest BCUT2D eigenvalue weighted by atomic mass is 9.99. The van der Waals surface area contributed by atoms with Crippen molar-refractivity contribution in [2.75, 3.05) is 13.1 Å². The van der Waals surface area contributed by atoms with E-state index in [1.165, 1.54) is 6.07 Å². The average Bonchev–Trinajstić information content (AvgIpc) is 2.97. The third-order valence-corrected chi connectivity index (χ3v) is 3.44. The minimum absolute atomic E-state index is 0.0955. The molecule has 0 aliphatic carbocycles. The first-order valence-corrected chi connectivity index (χ1v) is 6.63. The van der Waals surface area contributed by atoms with Gasteiger partial charge in [0.15, 0.2) is 5.82 Å². The van der Waals surface area contributed by atoms with E-state index in [1.54, 1.807) is 0 Å². The first-order chi connectivity index (χ1) is 10.1. The van der Waals surface area contributed by atoms with E-state index in [2.05, 4.69) is 15.5 Å². The van der Waals surface area contributed by atoms with Gasteiger partial charge in [-0.25, -0.2) is 4.39 Å². The Morgan fingerprint density at radius 1 is 1.43 bits per heavy atom. The van der Waals surface area contributed by atoms with E-state index in [9.17, 15) is 14.5 Å². The molecule has 8 heteroatoms. The number of nitrogens with zero attached hydrogens (tertiary/aromatic N) is 3. The molecule has 0 spiro atoms. The Bertz CT molecular complexity index is 667. The van der Waals surface area contributed by atoms with Crippen molar-refractivity contribution >= 4 is 5.69 Å². The van der Waals surface area contributed by atoms with Gasteiger partial charge in [0.2, 0.25) is 0 Å². The summed E-state index contributed by atoms with van der Waals surface area (Å²) in [6.07, 6.45) is 1.98. The van der Waals surface area contributed by atoms with Crippen LogP contribution in [0.25, 0.3) is 11.5 Å². The summed E-state index contributed by atoms with van der Waals surface area (Å²) in [5, 5.41) is 17.9. The number of piperidine rings is 1. The molecule has 1 aromatic carbocycles. The van der Waals surface area contributed by atoms with Crippen molar-refractivity contribution < 1.29 is 13.8 Å². The van der Waals surface area contributed by atoms with Gasteiger partial charge in [-0.1, -0.05) is 5.16 Å². The zero-order chi connectivity index (χ0) is 14.8. The molecule has 1 unspecified atom stereocenters. The second kappa shape index (κ2) is 5.57. The lowest BCUT2D eigenvalue weighted by molar-refractivity contribution is -0.385. The quantitative estimate of drug-likeness (QED) is 0.688. The first-order valence-electron chi connectivity index (χ1n) is 6.63. The number of aromatic nitrogens is 2. The van der Waals surface area contributed by atoms with E-state index in [1.807, 2.05) is 0 Å². The molecule has 1 aromatic heterocycles. The Hall–Kier alpha value is -2.35. The third-order valence-electron chi connectivity index (χ3n) is 3.44. The third kappa shape index (κ3) is 2.89. The zero-order valence-corrected chi connectivity index (χ0v) is 11.1. The van der Waals surface area contributed by atoms with E-state index in [0.717, 1.165) is 38.1 Å². The van der Waals surface area contributed by atoms with Crippen molar-refractivity contribution in [3.05, 3.63) is 40.0 Å². The van der Waals surface area contributed by atoms with Crippen LogP contribution in [0.4, 0.5) is 10.1 Å². The molecule has 110 valence electrons. The SMILES string of the molecule is O=[N+]([O-])c1cc(F)cc(-c2nc(C3CCCNC3)no2)c1. The Labute approximate surface area is 119 Å². The van der Waals surface area contributed by atoms with Crippen LogP contribution < -0.4 is 5.32 Å². The van der Waals surface area contributed by atoms with Gasteiger partial charge in [0.25, 0.3) is 11.6 Å². The molecule has 21 heavy (non-hydrogen) atoms. The predicted octanol–water partition coefficient (Wildman–Crippen LogP) is 2.25. The molecule has 2 heterocycles. The number of nitro benzene ring substituents is 1. The molecular weight excluding hydrogens is 279 g/mol. The number of hydrogen-bond donors (Lipinski definition) is 1. The summed E-state index contributed by atoms with van der Waals surface area (Å²) in [4.78, 5) is 14.3. The summed E-state index contributed by atoms with van der Waals surface area (Å²) in [5.41, 5.74) is -0.131. The molecule has 0 saturated carbocycles. The van der Waals surface area contributed by atoms with E-state index in [-0.39, 0.29) is 23.1 Å². The van der Waals surface area contributed by atoms with Gasteiger partial charge >= 0.3 is 0 Å². The molecule has 1 fully saturated rings. The Morgan fingerprint density at radius 2 is 2.29 bits per heavy atom. The highest BCUT2D eigenvalue weighted by molar-refractivity contribution is 5.57. The lowest BCUT2D eigenvalue weighted by Gasteiger charge is -2.19. The van der Waals surface area contributed by atoms with Crippen LogP contribution in [0.15, 0.2) is 22.7 Å². The van der Waals surface area contributed by atoms with Gasteiger partial charge in [-0.05, 0) is 25.5 Å². The molecule has 2 aromatic rings. The van der Waals surface area contributed by atoms with Crippen LogP contribution in [0.2, 0.25) is 0 Å². The number of non-ortho nitro benzene ring substituents is 1. The van der Waals surface area contributed by atoms with Crippen LogP contribution >= 0.6 is 0 Å². The van der Waals surface area contributed by atoms with Gasteiger partial charge in [-0.2, -0.15) is 4.98 Å². The predicted molar refractivity (Wildman–Crippen MR) is 71.2 cm³/mol. The number of nitro groups is 1. The molecular formula is C13H13FN4O3. The summed E-state index contributed by atoms with van der Waals surface area (Å²) >= 11 is 0. The Morgan fingerprint density at radius 3 is 3.00 bits per heavy atom. The molecule has 0 amide bonds. The fourth-order valence-electron chi connectivity index (χ4n) is 2.39. The molecule has 1 aliphatic heterocycles. The molecule has 1 N–H and O–H groups in total. The summed E-state index contributed by atoms with van der Waals surface area (Å²) in [5.74, 6) is 0.0837. The standard InChI is InChI=1S/C13H13FN4O3/c14-10-4-9(5-11(6-10)18(19)20)13-16-12(17-21-13)8-2-1-3-15-7-8/h4-6,8,15H,1-3,7H2. The van der Waals surface area contributed by atoms with Crippen LogP contribution in [0.3, 0.4) is 0 Å². The summed E-state index contributed by atoms with van der Waals surface area (Å²) in [6.45, 7) is 1.74. The molecule has 3 rings (SSSR count). The topological polar surface area (TPSA) is 94.1 Å². The van der Waals surface area contributed by atoms with E-state index in [0.29, 0.717) is 5.82 Å². The van der Waals surface area contributed by atoms with E-state index >= 15 is 0 Å². The van der Waals surface area contributed by atoms with Crippen LogP contribution in [0.1, 0.15) is 24.6 Å².